The van der Waals surface area contributed by atoms with E-state index in [0.717, 1.165) is 22.9 Å². The largest absolute Gasteiger partial charge is 0.481 e. The Labute approximate surface area is 160 Å². The van der Waals surface area contributed by atoms with E-state index in [4.69, 9.17) is 9.72 Å². The average molecular weight is 366 g/mol. The van der Waals surface area contributed by atoms with Crippen LogP contribution in [-0.4, -0.2) is 29.0 Å². The van der Waals surface area contributed by atoms with Crippen molar-refractivity contribution in [3.05, 3.63) is 41.7 Å². The fraction of sp³-hybridized carbons (Fsp3) is 0.476. The van der Waals surface area contributed by atoms with Gasteiger partial charge in [-0.2, -0.15) is 0 Å². The Bertz CT molecular complexity index is 865. The average Bonchev–Trinajstić information content (AvgIpc) is 3.47. The van der Waals surface area contributed by atoms with Crippen LogP contribution in [-0.2, 0) is 4.79 Å². The highest BCUT2D eigenvalue weighted by atomic mass is 16.5. The van der Waals surface area contributed by atoms with Gasteiger partial charge in [-0.1, -0.05) is 13.0 Å². The number of amides is 1. The molecule has 3 heterocycles. The molecule has 2 aliphatic rings. The van der Waals surface area contributed by atoms with Crippen LogP contribution in [0.4, 0.5) is 11.5 Å². The number of nitrogens with one attached hydrogen (secondary N) is 1. The lowest BCUT2D eigenvalue weighted by Gasteiger charge is -2.45. The van der Waals surface area contributed by atoms with Crippen molar-refractivity contribution < 1.29 is 9.53 Å². The van der Waals surface area contributed by atoms with Gasteiger partial charge in [-0.25, -0.2) is 9.97 Å². The van der Waals surface area contributed by atoms with Crippen molar-refractivity contribution in [3.8, 4) is 5.88 Å². The van der Waals surface area contributed by atoms with E-state index in [-0.39, 0.29) is 23.9 Å². The molecule has 0 spiro atoms. The maximum absolute atomic E-state index is 12.5. The number of aryl methyl sites for hydroxylation is 1. The lowest BCUT2D eigenvalue weighted by Crippen LogP contribution is -2.51. The van der Waals surface area contributed by atoms with Crippen LogP contribution in [0.3, 0.4) is 0 Å². The summed E-state index contributed by atoms with van der Waals surface area (Å²) in [5.41, 5.74) is 2.69. The van der Waals surface area contributed by atoms with Crippen molar-refractivity contribution in [1.82, 2.24) is 9.97 Å². The molecule has 1 fully saturated rings. The predicted octanol–water partition coefficient (Wildman–Crippen LogP) is 3.73. The normalized spacial score (nSPS) is 24.3. The van der Waals surface area contributed by atoms with E-state index in [0.29, 0.717) is 11.8 Å². The summed E-state index contributed by atoms with van der Waals surface area (Å²) in [6.07, 6.45) is 2.35. The molecule has 0 unspecified atom stereocenters. The van der Waals surface area contributed by atoms with Gasteiger partial charge in [0.25, 0.3) is 0 Å². The first-order valence-electron chi connectivity index (χ1n) is 9.54. The molecule has 1 aliphatic heterocycles. The molecule has 0 saturated heterocycles. The number of fused-ring (bicyclic) bond motifs is 1. The summed E-state index contributed by atoms with van der Waals surface area (Å²) in [5.74, 6) is 2.20. The molecular formula is C21H26N4O2. The van der Waals surface area contributed by atoms with Crippen LogP contribution in [0.25, 0.3) is 0 Å². The number of carbonyl (C=O) groups is 1. The Balaban J connectivity index is 1.81. The number of aromatic nitrogens is 2. The summed E-state index contributed by atoms with van der Waals surface area (Å²) in [4.78, 5) is 23.8. The van der Waals surface area contributed by atoms with Crippen LogP contribution in [0.15, 0.2) is 30.3 Å². The Morgan fingerprint density at radius 3 is 2.63 bits per heavy atom. The van der Waals surface area contributed by atoms with Crippen LogP contribution >= 0.6 is 0 Å². The molecule has 1 aliphatic carbocycles. The van der Waals surface area contributed by atoms with Crippen molar-refractivity contribution in [1.29, 1.82) is 0 Å². The van der Waals surface area contributed by atoms with Crippen LogP contribution in [0.2, 0.25) is 0 Å². The number of methoxy groups -OCH3 is 1. The van der Waals surface area contributed by atoms with Gasteiger partial charge in [0.2, 0.25) is 11.8 Å². The van der Waals surface area contributed by atoms with Gasteiger partial charge in [0.1, 0.15) is 5.82 Å². The van der Waals surface area contributed by atoms with E-state index in [1.165, 1.54) is 12.8 Å². The van der Waals surface area contributed by atoms with E-state index in [2.05, 4.69) is 17.2 Å². The fourth-order valence-electron chi connectivity index (χ4n) is 4.28. The maximum atomic E-state index is 12.5. The highest BCUT2D eigenvalue weighted by molar-refractivity contribution is 5.94. The highest BCUT2D eigenvalue weighted by Crippen LogP contribution is 2.49. The van der Waals surface area contributed by atoms with Gasteiger partial charge < -0.3 is 15.0 Å². The number of carbonyl (C=O) groups excluding carboxylic acids is 1. The molecule has 2 aromatic heterocycles. The summed E-state index contributed by atoms with van der Waals surface area (Å²) in [5, 5.41) is 3.58. The van der Waals surface area contributed by atoms with Crippen molar-refractivity contribution in [2.45, 2.75) is 45.7 Å². The molecule has 2 aromatic rings. The van der Waals surface area contributed by atoms with Gasteiger partial charge in [-0.05, 0) is 43.9 Å². The number of hydrogen-bond acceptors (Lipinski definition) is 5. The van der Waals surface area contributed by atoms with Crippen LogP contribution in [0, 0.1) is 18.8 Å². The van der Waals surface area contributed by atoms with Crippen molar-refractivity contribution >= 4 is 17.4 Å². The Kier molecular flexibility index (Phi) is 4.50. The molecular weight excluding hydrogens is 340 g/mol. The number of hydrogen-bond donors (Lipinski definition) is 1. The van der Waals surface area contributed by atoms with Gasteiger partial charge in [-0.3, -0.25) is 4.79 Å². The summed E-state index contributed by atoms with van der Waals surface area (Å²) in [6, 6.07) is 9.88. The molecule has 6 heteroatoms. The molecule has 4 rings (SSSR count). The minimum absolute atomic E-state index is 0.0365. The van der Waals surface area contributed by atoms with Gasteiger partial charge in [-0.15, -0.1) is 0 Å². The molecule has 0 radical (unpaired) electrons. The predicted molar refractivity (Wildman–Crippen MR) is 105 cm³/mol. The second-order valence-corrected chi connectivity index (χ2v) is 7.62. The van der Waals surface area contributed by atoms with E-state index in [1.807, 2.05) is 42.2 Å². The quantitative estimate of drug-likeness (QED) is 0.893. The van der Waals surface area contributed by atoms with Crippen molar-refractivity contribution in [2.24, 2.45) is 11.8 Å². The highest BCUT2D eigenvalue weighted by Gasteiger charge is 2.48. The summed E-state index contributed by atoms with van der Waals surface area (Å²) in [7, 11) is 1.61. The lowest BCUT2D eigenvalue weighted by molar-refractivity contribution is -0.117. The van der Waals surface area contributed by atoms with E-state index in [1.54, 1.807) is 14.0 Å². The second kappa shape index (κ2) is 6.83. The number of pyridine rings is 2. The van der Waals surface area contributed by atoms with Gasteiger partial charge in [0.15, 0.2) is 0 Å². The molecule has 1 N–H and O–H groups in total. The molecule has 3 atom stereocenters. The van der Waals surface area contributed by atoms with Gasteiger partial charge >= 0.3 is 0 Å². The zero-order chi connectivity index (χ0) is 19.1. The smallest absolute Gasteiger partial charge is 0.224 e. The first-order chi connectivity index (χ1) is 13.0. The molecule has 6 nitrogen and oxygen atoms in total. The van der Waals surface area contributed by atoms with Crippen molar-refractivity contribution in [2.75, 3.05) is 17.3 Å². The second-order valence-electron chi connectivity index (χ2n) is 7.62. The zero-order valence-corrected chi connectivity index (χ0v) is 16.3. The number of nitrogens with zero attached hydrogens (tertiary/aromatic N) is 3. The van der Waals surface area contributed by atoms with E-state index in [9.17, 15) is 4.79 Å². The Morgan fingerprint density at radius 1 is 1.22 bits per heavy atom. The Morgan fingerprint density at radius 2 is 2.00 bits per heavy atom. The molecule has 0 aromatic carbocycles. The first-order valence-corrected chi connectivity index (χ1v) is 9.54. The molecule has 1 saturated carbocycles. The Hall–Kier alpha value is -2.63. The third-order valence-electron chi connectivity index (χ3n) is 5.64. The maximum Gasteiger partial charge on any atom is 0.224 e. The van der Waals surface area contributed by atoms with E-state index >= 15 is 0 Å². The topological polar surface area (TPSA) is 67.3 Å². The molecule has 1 amide bonds. The van der Waals surface area contributed by atoms with Crippen LogP contribution < -0.4 is 15.0 Å². The molecule has 0 bridgehead atoms. The van der Waals surface area contributed by atoms with E-state index < -0.39 is 0 Å². The third-order valence-corrected chi connectivity index (χ3v) is 5.64. The molecule has 27 heavy (non-hydrogen) atoms. The first kappa shape index (κ1) is 17.8. The number of anilines is 2. The van der Waals surface area contributed by atoms with Crippen LogP contribution in [0.5, 0.6) is 5.88 Å². The standard InChI is InChI=1S/C21H26N4O2/c1-12-6-5-7-17(22-12)23-19-13(2)21(15-8-9-15)25(14(3)26)16-10-11-18(27-4)24-20(16)19/h5-7,10-11,13,15,19,21H,8-9H2,1-4H3,(H,22,23)/t13-,19-,21-/m1/s1. The third kappa shape index (κ3) is 3.24. The monoisotopic (exact) mass is 366 g/mol. The molecule has 142 valence electrons. The van der Waals surface area contributed by atoms with Crippen LogP contribution in [0.1, 0.15) is 44.1 Å². The lowest BCUT2D eigenvalue weighted by atomic mass is 9.82. The van der Waals surface area contributed by atoms with Crippen molar-refractivity contribution in [3.63, 3.8) is 0 Å². The summed E-state index contributed by atoms with van der Waals surface area (Å²) < 4.78 is 5.36. The fourth-order valence-corrected chi connectivity index (χ4v) is 4.28. The number of rotatable bonds is 4. The number of ether oxygens (including phenoxy) is 1. The minimum atomic E-state index is -0.0365. The van der Waals surface area contributed by atoms with Gasteiger partial charge in [0.05, 0.1) is 24.5 Å². The zero-order valence-electron chi connectivity index (χ0n) is 16.3. The minimum Gasteiger partial charge on any atom is -0.481 e. The summed E-state index contributed by atoms with van der Waals surface area (Å²) in [6.45, 7) is 5.83. The van der Waals surface area contributed by atoms with Gasteiger partial charge in [0, 0.05) is 30.6 Å². The summed E-state index contributed by atoms with van der Waals surface area (Å²) >= 11 is 0. The SMILES string of the molecule is COc1ccc2c(n1)[C@H](Nc1cccc(C)n1)[C@@H](C)[C@H](C1CC1)N2C(C)=O.